The van der Waals surface area contributed by atoms with E-state index in [0.717, 1.165) is 19.4 Å². The Kier molecular flexibility index (Phi) is 16.1. The molecule has 2 aromatic rings. The van der Waals surface area contributed by atoms with Crippen LogP contribution >= 0.6 is 7.82 Å². The Labute approximate surface area is 332 Å². The number of phosphoric acid groups is 1. The average Bonchev–Trinajstić information content (AvgIpc) is 3.78. The fraction of sp³-hybridized carbons (Fsp3) is 0.595. The number of aliphatic hydroxyl groups is 1. The quantitative estimate of drug-likeness (QED) is 0.0805. The number of amides is 6. The van der Waals surface area contributed by atoms with E-state index in [1.165, 1.54) is 18.0 Å². The fourth-order valence-corrected chi connectivity index (χ4v) is 7.65. The number of aliphatic hydroxyl groups excluding tert-OH is 1. The number of aromatic nitrogens is 2. The number of benzene rings is 1. The summed E-state index contributed by atoms with van der Waals surface area (Å²) >= 11 is 0. The van der Waals surface area contributed by atoms with Crippen molar-refractivity contribution in [3.8, 4) is 0 Å². The Morgan fingerprint density at radius 1 is 0.947 bits per heavy atom. The molecule has 1 saturated heterocycles. The number of nitrogens with zero attached hydrogens (tertiary/aromatic N) is 3. The number of rotatable bonds is 20. The van der Waals surface area contributed by atoms with Gasteiger partial charge in [0.15, 0.2) is 0 Å². The summed E-state index contributed by atoms with van der Waals surface area (Å²) in [5.74, 6) is -4.95. The van der Waals surface area contributed by atoms with E-state index in [-0.39, 0.29) is 24.7 Å². The monoisotopic (exact) mass is 820 g/mol. The van der Waals surface area contributed by atoms with Gasteiger partial charge in [0.05, 0.1) is 12.9 Å². The minimum absolute atomic E-state index is 0.0968. The highest BCUT2D eigenvalue weighted by molar-refractivity contribution is 7.46. The second-order valence-electron chi connectivity index (χ2n) is 15.8. The molecule has 0 spiro atoms. The van der Waals surface area contributed by atoms with Crippen molar-refractivity contribution in [2.75, 3.05) is 13.2 Å². The normalized spacial score (nSPS) is 17.0. The summed E-state index contributed by atoms with van der Waals surface area (Å²) in [5.41, 5.74) is 4.34. The minimum Gasteiger partial charge on any atom is -0.394 e. The zero-order valence-corrected chi connectivity index (χ0v) is 34.3. The lowest BCUT2D eigenvalue weighted by Crippen LogP contribution is -2.63. The topological polar surface area (TPSA) is 285 Å². The van der Waals surface area contributed by atoms with Gasteiger partial charge in [-0.25, -0.2) is 9.55 Å². The van der Waals surface area contributed by atoms with Crippen molar-refractivity contribution in [1.82, 2.24) is 35.7 Å². The van der Waals surface area contributed by atoms with Crippen LogP contribution in [0.2, 0.25) is 0 Å². The molecule has 1 fully saturated rings. The van der Waals surface area contributed by atoms with E-state index in [4.69, 9.17) is 5.73 Å². The number of carbonyl (C=O) groups excluding carboxylic acids is 6. The number of primary amides is 1. The van der Waals surface area contributed by atoms with E-state index < -0.39 is 85.3 Å². The molecule has 0 radical (unpaired) electrons. The van der Waals surface area contributed by atoms with E-state index in [1.54, 1.807) is 6.33 Å². The van der Waals surface area contributed by atoms with Crippen molar-refractivity contribution in [2.24, 2.45) is 11.7 Å². The van der Waals surface area contributed by atoms with Crippen LogP contribution in [0, 0.1) is 5.92 Å². The van der Waals surface area contributed by atoms with Crippen LogP contribution in [-0.2, 0) is 56.2 Å². The minimum atomic E-state index is -5.18. The molecular formula is C37H57N8O11P. The molecule has 6 amide bonds. The number of imidazole rings is 1. The predicted octanol–water partition coefficient (Wildman–Crippen LogP) is -0.235. The Hall–Kier alpha value is -4.68. The van der Waals surface area contributed by atoms with Crippen molar-refractivity contribution in [1.29, 1.82) is 0 Å². The van der Waals surface area contributed by atoms with E-state index in [9.17, 15) is 48.2 Å². The smallest absolute Gasteiger partial charge is 0.394 e. The van der Waals surface area contributed by atoms with Gasteiger partial charge in [-0.05, 0) is 64.9 Å². The lowest BCUT2D eigenvalue weighted by Gasteiger charge is -2.33. The third-order valence-corrected chi connectivity index (χ3v) is 10.3. The third-order valence-electron chi connectivity index (χ3n) is 9.63. The van der Waals surface area contributed by atoms with Gasteiger partial charge in [-0.15, -0.1) is 0 Å². The lowest BCUT2D eigenvalue weighted by molar-refractivity contribution is -0.139. The largest absolute Gasteiger partial charge is 0.470 e. The zero-order valence-electron chi connectivity index (χ0n) is 33.4. The first-order valence-corrected chi connectivity index (χ1v) is 20.2. The molecule has 5 atom stereocenters. The van der Waals surface area contributed by atoms with Crippen LogP contribution in [0.4, 0.5) is 0 Å². The first-order chi connectivity index (χ1) is 26.5. The molecule has 5 unspecified atom stereocenters. The molecule has 9 N–H and O–H groups in total. The van der Waals surface area contributed by atoms with E-state index in [1.807, 2.05) is 62.6 Å². The number of hydrogen-bond acceptors (Lipinski definition) is 10. The van der Waals surface area contributed by atoms with Gasteiger partial charge in [0, 0.05) is 37.3 Å². The second-order valence-corrected chi connectivity index (χ2v) is 17.0. The van der Waals surface area contributed by atoms with Crippen LogP contribution in [0.3, 0.4) is 0 Å². The maximum Gasteiger partial charge on any atom is 0.470 e. The molecule has 19 nitrogen and oxygen atoms in total. The van der Waals surface area contributed by atoms with Crippen molar-refractivity contribution in [3.63, 3.8) is 0 Å². The highest BCUT2D eigenvalue weighted by Crippen LogP contribution is 2.42. The van der Waals surface area contributed by atoms with Gasteiger partial charge in [-0.3, -0.25) is 33.3 Å². The summed E-state index contributed by atoms with van der Waals surface area (Å²) in [6.45, 7) is 10.6. The molecule has 3 rings (SSSR count). The lowest BCUT2D eigenvalue weighted by atomic mass is 9.94. The molecule has 57 heavy (non-hydrogen) atoms. The molecule has 0 aliphatic carbocycles. The number of nitrogens with one attached hydrogen (secondary N) is 4. The number of phosphoric ester groups is 1. The summed E-state index contributed by atoms with van der Waals surface area (Å²) in [4.78, 5) is 104. The number of likely N-dealkylation sites (tertiary alicyclic amines) is 1. The fourth-order valence-electron chi connectivity index (χ4n) is 6.93. The van der Waals surface area contributed by atoms with Crippen LogP contribution in [-0.4, -0.2) is 114 Å². The first kappa shape index (κ1) is 46.7. The Morgan fingerprint density at radius 3 is 2.11 bits per heavy atom. The Balaban J connectivity index is 1.95. The standard InChI is InChI=1S/C37H57N8O11P/c1-22(2)16-26(41-35(52)29-14-11-15-44(29)23(3)47)32(49)40-27(17-25-19-39-21-45(25)36(4,5)18-24-12-9-8-10-13-24)33(50)42-28(20-46)34(51)43-30(31(38)48)37(6,7)56-57(53,54)55/h8-10,12-13,19,21-22,26-30,46H,11,14-18,20H2,1-7H3,(H2,38,48)(H,40,49)(H,41,52)(H,42,50)(H,43,51)(H2,53,54,55). The van der Waals surface area contributed by atoms with E-state index in [0.29, 0.717) is 31.5 Å². The summed E-state index contributed by atoms with van der Waals surface area (Å²) in [7, 11) is -5.18. The molecule has 20 heteroatoms. The molecule has 1 aromatic carbocycles. The summed E-state index contributed by atoms with van der Waals surface area (Å²) in [5, 5.41) is 20.3. The molecule has 1 aromatic heterocycles. The third kappa shape index (κ3) is 13.5. The highest BCUT2D eigenvalue weighted by atomic mass is 31.2. The van der Waals surface area contributed by atoms with Crippen molar-refractivity contribution in [2.45, 2.75) is 122 Å². The predicted molar refractivity (Wildman–Crippen MR) is 206 cm³/mol. The average molecular weight is 821 g/mol. The van der Waals surface area contributed by atoms with Gasteiger partial charge < -0.3 is 51.4 Å². The van der Waals surface area contributed by atoms with Crippen molar-refractivity contribution in [3.05, 3.63) is 54.1 Å². The summed E-state index contributed by atoms with van der Waals surface area (Å²) < 4.78 is 18.1. The molecule has 2 heterocycles. The van der Waals surface area contributed by atoms with Crippen LogP contribution < -0.4 is 27.0 Å². The van der Waals surface area contributed by atoms with E-state index in [2.05, 4.69) is 30.8 Å². The molecule has 0 bridgehead atoms. The molecular weight excluding hydrogens is 763 g/mol. The zero-order chi connectivity index (χ0) is 42.9. The van der Waals surface area contributed by atoms with Gasteiger partial charge in [0.25, 0.3) is 0 Å². The number of carbonyl (C=O) groups is 6. The van der Waals surface area contributed by atoms with Crippen molar-refractivity contribution >= 4 is 43.3 Å². The maximum atomic E-state index is 14.1. The molecule has 316 valence electrons. The highest BCUT2D eigenvalue weighted by Gasteiger charge is 2.43. The van der Waals surface area contributed by atoms with Crippen LogP contribution in [0.25, 0.3) is 0 Å². The maximum absolute atomic E-state index is 14.1. The van der Waals surface area contributed by atoms with Crippen LogP contribution in [0.1, 0.15) is 79.0 Å². The SMILES string of the molecule is CC(=O)N1CCCC1C(=O)NC(CC(C)C)C(=O)NC(Cc1cncn1C(C)(C)Cc1ccccc1)C(=O)NC(CO)C(=O)NC(C(N)=O)C(C)(C)OP(=O)(O)O. The van der Waals surface area contributed by atoms with Crippen molar-refractivity contribution < 1.29 is 52.7 Å². The first-order valence-electron chi connectivity index (χ1n) is 18.7. The van der Waals surface area contributed by atoms with E-state index >= 15 is 0 Å². The van der Waals surface area contributed by atoms with Crippen LogP contribution in [0.15, 0.2) is 42.9 Å². The Morgan fingerprint density at radius 2 is 1.54 bits per heavy atom. The van der Waals surface area contributed by atoms with Gasteiger partial charge in [-0.1, -0.05) is 44.2 Å². The van der Waals surface area contributed by atoms with Crippen LogP contribution in [0.5, 0.6) is 0 Å². The van der Waals surface area contributed by atoms with Gasteiger partial charge in [0.1, 0.15) is 35.8 Å². The van der Waals surface area contributed by atoms with Gasteiger partial charge in [0.2, 0.25) is 35.4 Å². The molecule has 1 aliphatic heterocycles. The second kappa shape index (κ2) is 19.7. The van der Waals surface area contributed by atoms with Gasteiger partial charge in [-0.2, -0.15) is 0 Å². The summed E-state index contributed by atoms with van der Waals surface area (Å²) in [6, 6.07) is 2.75. The molecule has 0 saturated carbocycles. The number of nitrogens with two attached hydrogens (primary N) is 1. The van der Waals surface area contributed by atoms with Gasteiger partial charge >= 0.3 is 7.82 Å². The number of hydrogen-bond donors (Lipinski definition) is 8. The summed E-state index contributed by atoms with van der Waals surface area (Å²) in [6.07, 6.45) is 4.71. The Bertz CT molecular complexity index is 1800. The molecule has 1 aliphatic rings.